The Balaban J connectivity index is 1.39. The average molecular weight is 761 g/mol. The highest BCUT2D eigenvalue weighted by Crippen LogP contribution is 2.49. The van der Waals surface area contributed by atoms with Gasteiger partial charge in [-0.2, -0.15) is 4.58 Å². The summed E-state index contributed by atoms with van der Waals surface area (Å²) in [6.45, 7) is 17.3. The highest BCUT2D eigenvalue weighted by Gasteiger charge is 2.44. The normalized spacial score (nSPS) is 19.6. The SMILES string of the molecule is COCCCN1/C(=C/C=C2\CCC(/C=C/C3=[N+](CCCOC)c4ccc(C)cc4C3(C)C)=C2N(C2=CC=CC=CC2)c2ccccc2)C(C)(C)c2cc(C)ccc21. The van der Waals surface area contributed by atoms with Gasteiger partial charge in [0.2, 0.25) is 5.69 Å². The number of allylic oxidation sites excluding steroid dienone is 12. The molecule has 7 rings (SSSR count). The Morgan fingerprint density at radius 3 is 2.28 bits per heavy atom. The van der Waals surface area contributed by atoms with E-state index in [1.54, 1.807) is 14.2 Å². The van der Waals surface area contributed by atoms with E-state index in [9.17, 15) is 0 Å². The molecule has 0 N–H and O–H groups in total. The van der Waals surface area contributed by atoms with Crippen LogP contribution in [0, 0.1) is 13.8 Å². The predicted octanol–water partition coefficient (Wildman–Crippen LogP) is 11.9. The first kappa shape index (κ1) is 40.2. The molecule has 4 aliphatic rings. The molecular formula is C52H62N3O2+. The van der Waals surface area contributed by atoms with Crippen molar-refractivity contribution in [1.29, 1.82) is 0 Å². The quantitative estimate of drug-likeness (QED) is 0.121. The second kappa shape index (κ2) is 17.3. The summed E-state index contributed by atoms with van der Waals surface area (Å²) in [6, 6.07) is 24.8. The standard InChI is InChI=1S/C52H62N3O2/c1-38-22-28-46-44(36-38)51(3,4)48(53(46)32-16-34-56-7)30-26-40-24-25-41(50(40)55(43-20-14-11-15-21-43)42-18-12-9-10-13-19-42)27-31-49-52(5,6)45-37-39(2)23-29-47(45)54(49)33-17-35-57-8/h9-15,18,20-23,26-31,36-37H,16-17,19,24-25,32-35H2,1-8H3/q+1. The maximum atomic E-state index is 5.52. The third-order valence-electron chi connectivity index (χ3n) is 12.2. The van der Waals surface area contributed by atoms with Crippen LogP contribution in [0.25, 0.3) is 0 Å². The molecule has 5 nitrogen and oxygen atoms in total. The van der Waals surface area contributed by atoms with Crippen molar-refractivity contribution in [2.75, 3.05) is 50.3 Å². The molecule has 0 saturated carbocycles. The van der Waals surface area contributed by atoms with Gasteiger partial charge in [-0.15, -0.1) is 0 Å². The number of para-hydroxylation sites is 1. The van der Waals surface area contributed by atoms with Gasteiger partial charge in [-0.05, 0) is 100 Å². The fraction of sp³-hybridized carbons (Fsp3) is 0.365. The van der Waals surface area contributed by atoms with E-state index in [4.69, 9.17) is 9.47 Å². The number of rotatable bonds is 14. The van der Waals surface area contributed by atoms with Crippen molar-refractivity contribution in [2.45, 2.75) is 84.5 Å². The van der Waals surface area contributed by atoms with Crippen LogP contribution in [0.5, 0.6) is 0 Å². The Bertz CT molecular complexity index is 2220. The number of hydrogen-bond donors (Lipinski definition) is 0. The fourth-order valence-corrected chi connectivity index (χ4v) is 9.23. The van der Waals surface area contributed by atoms with Crippen molar-refractivity contribution < 1.29 is 14.0 Å². The number of ether oxygens (including phenoxy) is 2. The molecule has 0 spiro atoms. The first-order chi connectivity index (χ1) is 27.6. The molecule has 2 aliphatic carbocycles. The lowest BCUT2D eigenvalue weighted by molar-refractivity contribution is -0.438. The van der Waals surface area contributed by atoms with Gasteiger partial charge in [-0.3, -0.25) is 0 Å². The van der Waals surface area contributed by atoms with Crippen LogP contribution in [0.4, 0.5) is 17.1 Å². The maximum Gasteiger partial charge on any atom is 0.209 e. The molecule has 0 saturated heterocycles. The minimum Gasteiger partial charge on any atom is -0.385 e. The number of nitrogens with zero attached hydrogens (tertiary/aromatic N) is 3. The van der Waals surface area contributed by atoms with Gasteiger partial charge in [0.05, 0.1) is 17.7 Å². The molecule has 2 heterocycles. The van der Waals surface area contributed by atoms with E-state index in [-0.39, 0.29) is 10.8 Å². The molecule has 0 bridgehead atoms. The third kappa shape index (κ3) is 8.10. The van der Waals surface area contributed by atoms with Gasteiger partial charge in [0.25, 0.3) is 0 Å². The van der Waals surface area contributed by atoms with Crippen molar-refractivity contribution in [1.82, 2.24) is 0 Å². The lowest BCUT2D eigenvalue weighted by Crippen LogP contribution is -2.28. The summed E-state index contributed by atoms with van der Waals surface area (Å²) >= 11 is 0. The Hall–Kier alpha value is -4.97. The van der Waals surface area contributed by atoms with Crippen LogP contribution in [0.3, 0.4) is 0 Å². The van der Waals surface area contributed by atoms with Gasteiger partial charge in [-0.1, -0.05) is 97.8 Å². The van der Waals surface area contributed by atoms with Crippen LogP contribution >= 0.6 is 0 Å². The van der Waals surface area contributed by atoms with Gasteiger partial charge in [0.15, 0.2) is 12.3 Å². The first-order valence-electron chi connectivity index (χ1n) is 20.9. The number of anilines is 2. The van der Waals surface area contributed by atoms with Crippen molar-refractivity contribution in [2.24, 2.45) is 0 Å². The summed E-state index contributed by atoms with van der Waals surface area (Å²) in [7, 11) is 3.59. The van der Waals surface area contributed by atoms with Crippen molar-refractivity contribution in [3.05, 3.63) is 172 Å². The van der Waals surface area contributed by atoms with E-state index < -0.39 is 0 Å². The lowest BCUT2D eigenvalue weighted by atomic mass is 9.80. The molecule has 0 atom stereocenters. The Labute approximate surface area is 342 Å². The second-order valence-corrected chi connectivity index (χ2v) is 17.0. The zero-order valence-electron chi connectivity index (χ0n) is 35.6. The molecule has 5 heteroatoms. The highest BCUT2D eigenvalue weighted by atomic mass is 16.5. The summed E-state index contributed by atoms with van der Waals surface area (Å²) in [5.74, 6) is 0. The van der Waals surface area contributed by atoms with Crippen LogP contribution in [-0.2, 0) is 20.3 Å². The van der Waals surface area contributed by atoms with Crippen molar-refractivity contribution in [3.63, 3.8) is 0 Å². The number of methoxy groups -OCH3 is 2. The molecule has 0 radical (unpaired) electrons. The number of fused-ring (bicyclic) bond motifs is 2. The van der Waals surface area contributed by atoms with E-state index in [1.165, 1.54) is 73.3 Å². The number of benzene rings is 3. The van der Waals surface area contributed by atoms with E-state index in [2.05, 4.69) is 177 Å². The summed E-state index contributed by atoms with van der Waals surface area (Å²) in [4.78, 5) is 5.07. The lowest BCUT2D eigenvalue weighted by Gasteiger charge is -2.31. The molecule has 0 amide bonds. The molecule has 0 fully saturated rings. The van der Waals surface area contributed by atoms with E-state index in [0.717, 1.165) is 58.4 Å². The minimum atomic E-state index is -0.139. The smallest absolute Gasteiger partial charge is 0.209 e. The van der Waals surface area contributed by atoms with Crippen LogP contribution in [0.1, 0.15) is 82.1 Å². The zero-order valence-corrected chi connectivity index (χ0v) is 35.6. The van der Waals surface area contributed by atoms with Crippen molar-refractivity contribution in [3.8, 4) is 0 Å². The zero-order chi connectivity index (χ0) is 40.2. The van der Waals surface area contributed by atoms with E-state index in [1.807, 2.05) is 0 Å². The van der Waals surface area contributed by atoms with Crippen LogP contribution < -0.4 is 9.80 Å². The molecule has 0 aromatic heterocycles. The third-order valence-corrected chi connectivity index (χ3v) is 12.2. The monoisotopic (exact) mass is 760 g/mol. The summed E-state index contributed by atoms with van der Waals surface area (Å²) in [5.41, 5.74) is 16.8. The number of aryl methyl sites for hydroxylation is 2. The first-order valence-corrected chi connectivity index (χ1v) is 20.9. The maximum absolute atomic E-state index is 5.52. The molecule has 57 heavy (non-hydrogen) atoms. The van der Waals surface area contributed by atoms with Crippen molar-refractivity contribution >= 4 is 22.8 Å². The summed E-state index contributed by atoms with van der Waals surface area (Å²) in [5, 5.41) is 0. The molecule has 296 valence electrons. The fourth-order valence-electron chi connectivity index (χ4n) is 9.23. The van der Waals surface area contributed by atoms with Gasteiger partial charge in [0.1, 0.15) is 0 Å². The second-order valence-electron chi connectivity index (χ2n) is 17.0. The summed E-state index contributed by atoms with van der Waals surface area (Å²) < 4.78 is 13.6. The van der Waals surface area contributed by atoms with Gasteiger partial charge >= 0.3 is 0 Å². The van der Waals surface area contributed by atoms with Gasteiger partial charge in [-0.25, -0.2) is 0 Å². The average Bonchev–Trinajstić information content (AvgIpc) is 3.62. The Morgan fingerprint density at radius 2 is 1.51 bits per heavy atom. The van der Waals surface area contributed by atoms with Crippen LogP contribution in [0.2, 0.25) is 0 Å². The summed E-state index contributed by atoms with van der Waals surface area (Å²) in [6.07, 6.45) is 25.5. The molecular weight excluding hydrogens is 699 g/mol. The molecule has 3 aromatic carbocycles. The van der Waals surface area contributed by atoms with E-state index >= 15 is 0 Å². The topological polar surface area (TPSA) is 28.0 Å². The van der Waals surface area contributed by atoms with Crippen LogP contribution in [-0.4, -0.2) is 50.8 Å². The predicted molar refractivity (Wildman–Crippen MR) is 240 cm³/mol. The van der Waals surface area contributed by atoms with E-state index in [0.29, 0.717) is 0 Å². The molecule has 2 aliphatic heterocycles. The Morgan fingerprint density at radius 1 is 0.772 bits per heavy atom. The minimum absolute atomic E-state index is 0.139. The Kier molecular flexibility index (Phi) is 12.2. The van der Waals surface area contributed by atoms with Gasteiger partial charge < -0.3 is 19.3 Å². The molecule has 3 aromatic rings. The number of hydrogen-bond acceptors (Lipinski definition) is 4. The largest absolute Gasteiger partial charge is 0.385 e. The van der Waals surface area contributed by atoms with Crippen LogP contribution in [0.15, 0.2) is 150 Å². The van der Waals surface area contributed by atoms with Gasteiger partial charge in [0, 0.05) is 86.1 Å². The molecule has 0 unspecified atom stereocenters. The highest BCUT2D eigenvalue weighted by molar-refractivity contribution is 6.03.